The molecule has 0 spiro atoms. The number of halogens is 1. The number of nitrogens with two attached hydrogens (primary N) is 1. The number of pyridine rings is 1. The van der Waals surface area contributed by atoms with Crippen molar-refractivity contribution in [3.05, 3.63) is 29.5 Å². The van der Waals surface area contributed by atoms with E-state index in [1.807, 2.05) is 12.1 Å². The second-order valence-electron chi connectivity index (χ2n) is 7.85. The molecular formula is C19H23ClN6O2. The number of hydrogen-bond donors (Lipinski definition) is 2. The van der Waals surface area contributed by atoms with Crippen LogP contribution in [0.3, 0.4) is 0 Å². The van der Waals surface area contributed by atoms with E-state index in [0.29, 0.717) is 41.8 Å². The van der Waals surface area contributed by atoms with Crippen molar-refractivity contribution < 1.29 is 9.84 Å². The van der Waals surface area contributed by atoms with Crippen molar-refractivity contribution >= 4 is 28.8 Å². The maximum absolute atomic E-state index is 9.45. The molecule has 28 heavy (non-hydrogen) atoms. The van der Waals surface area contributed by atoms with Gasteiger partial charge in [0.05, 0.1) is 11.8 Å². The first-order valence-corrected chi connectivity index (χ1v) is 10.1. The zero-order valence-electron chi connectivity index (χ0n) is 15.4. The van der Waals surface area contributed by atoms with Crippen LogP contribution in [0.1, 0.15) is 25.7 Å². The molecule has 0 amide bonds. The molecule has 5 rings (SSSR count). The molecule has 0 aromatic carbocycles. The number of aliphatic hydroxyl groups is 1. The Morgan fingerprint density at radius 1 is 1.14 bits per heavy atom. The third-order valence-electron chi connectivity index (χ3n) is 5.97. The zero-order valence-corrected chi connectivity index (χ0v) is 16.2. The molecule has 2 aliphatic heterocycles. The highest BCUT2D eigenvalue weighted by molar-refractivity contribution is 6.29. The van der Waals surface area contributed by atoms with Crippen LogP contribution in [0, 0.1) is 0 Å². The normalized spacial score (nSPS) is 28.9. The van der Waals surface area contributed by atoms with E-state index in [1.54, 1.807) is 12.3 Å². The van der Waals surface area contributed by atoms with E-state index in [0.717, 1.165) is 37.3 Å². The van der Waals surface area contributed by atoms with Crippen molar-refractivity contribution in [1.82, 2.24) is 15.2 Å². The summed E-state index contributed by atoms with van der Waals surface area (Å²) in [6.45, 7) is 1.71. The lowest BCUT2D eigenvalue weighted by atomic mass is 9.92. The van der Waals surface area contributed by atoms with E-state index in [9.17, 15) is 5.11 Å². The molecule has 2 saturated heterocycles. The second-order valence-corrected chi connectivity index (χ2v) is 8.24. The van der Waals surface area contributed by atoms with Gasteiger partial charge < -0.3 is 25.4 Å². The largest absolute Gasteiger partial charge is 0.474 e. The molecule has 3 aliphatic rings. The van der Waals surface area contributed by atoms with Crippen molar-refractivity contribution in [2.45, 2.75) is 50.0 Å². The number of rotatable bonds is 4. The van der Waals surface area contributed by atoms with E-state index in [1.165, 1.54) is 0 Å². The standard InChI is InChI=1S/C19H23ClN6O2/c20-17-8-16(19(21)24-23-17)25-9-12-1-2-13(10-25)26(12)11-3-4-22-18(5-11)28-15-6-14(27)7-15/h3-5,8,12-15,27H,1-2,6-7,9-10H2,(H2,21,24). The zero-order chi connectivity index (χ0) is 19.3. The predicted octanol–water partition coefficient (Wildman–Crippen LogP) is 1.87. The molecule has 2 aromatic rings. The fourth-order valence-electron chi connectivity index (χ4n) is 4.57. The van der Waals surface area contributed by atoms with Crippen LogP contribution >= 0.6 is 11.6 Å². The van der Waals surface area contributed by atoms with Crippen LogP contribution < -0.4 is 20.3 Å². The van der Waals surface area contributed by atoms with E-state index < -0.39 is 0 Å². The Labute approximate surface area is 168 Å². The topological polar surface area (TPSA) is 101 Å². The van der Waals surface area contributed by atoms with Gasteiger partial charge in [0.2, 0.25) is 5.88 Å². The SMILES string of the molecule is Nc1nnc(Cl)cc1N1CC2CCC(C1)N2c1ccnc(OC2CC(O)C2)c1. The Kier molecular flexibility index (Phi) is 4.40. The predicted molar refractivity (Wildman–Crippen MR) is 107 cm³/mol. The first-order chi connectivity index (χ1) is 13.6. The van der Waals surface area contributed by atoms with Gasteiger partial charge in [-0.15, -0.1) is 10.2 Å². The maximum atomic E-state index is 9.45. The van der Waals surface area contributed by atoms with Gasteiger partial charge in [-0.1, -0.05) is 11.6 Å². The molecule has 0 radical (unpaired) electrons. The van der Waals surface area contributed by atoms with Crippen LogP contribution in [-0.2, 0) is 0 Å². The molecule has 4 heterocycles. The number of aromatic nitrogens is 3. The Morgan fingerprint density at radius 2 is 1.89 bits per heavy atom. The molecule has 9 heteroatoms. The minimum Gasteiger partial charge on any atom is -0.474 e. The molecule has 1 aliphatic carbocycles. The lowest BCUT2D eigenvalue weighted by molar-refractivity contribution is -0.0128. The minimum absolute atomic E-state index is 0.0678. The average Bonchev–Trinajstić information content (AvgIpc) is 2.92. The van der Waals surface area contributed by atoms with Crippen LogP contribution in [0.5, 0.6) is 5.88 Å². The summed E-state index contributed by atoms with van der Waals surface area (Å²) < 4.78 is 5.91. The van der Waals surface area contributed by atoms with Gasteiger partial charge in [-0.2, -0.15) is 0 Å². The number of nitrogen functional groups attached to an aromatic ring is 1. The molecule has 2 unspecified atom stereocenters. The van der Waals surface area contributed by atoms with Crippen molar-refractivity contribution in [2.75, 3.05) is 28.6 Å². The second kappa shape index (κ2) is 6.93. The van der Waals surface area contributed by atoms with Crippen molar-refractivity contribution in [3.8, 4) is 5.88 Å². The molecule has 2 aromatic heterocycles. The number of aliphatic hydroxyl groups excluding tert-OH is 1. The number of ether oxygens (including phenoxy) is 1. The fourth-order valence-corrected chi connectivity index (χ4v) is 4.71. The summed E-state index contributed by atoms with van der Waals surface area (Å²) in [5.74, 6) is 1.05. The van der Waals surface area contributed by atoms with Gasteiger partial charge in [0.1, 0.15) is 6.10 Å². The van der Waals surface area contributed by atoms with E-state index >= 15 is 0 Å². The Morgan fingerprint density at radius 3 is 2.61 bits per heavy atom. The maximum Gasteiger partial charge on any atom is 0.215 e. The Hall–Kier alpha value is -2.32. The summed E-state index contributed by atoms with van der Waals surface area (Å²) in [7, 11) is 0. The summed E-state index contributed by atoms with van der Waals surface area (Å²) in [5.41, 5.74) is 8.04. The van der Waals surface area contributed by atoms with Gasteiger partial charge in [-0.05, 0) is 18.9 Å². The summed E-state index contributed by atoms with van der Waals surface area (Å²) in [6.07, 6.45) is 5.25. The first kappa shape index (κ1) is 17.8. The molecule has 2 atom stereocenters. The Bertz CT molecular complexity index is 863. The molecule has 2 bridgehead atoms. The van der Waals surface area contributed by atoms with Gasteiger partial charge in [0.15, 0.2) is 11.0 Å². The van der Waals surface area contributed by atoms with Crippen LogP contribution in [0.25, 0.3) is 0 Å². The highest BCUT2D eigenvalue weighted by Gasteiger charge is 2.41. The van der Waals surface area contributed by atoms with Gasteiger partial charge in [0, 0.05) is 62.0 Å². The molecule has 148 valence electrons. The number of anilines is 3. The van der Waals surface area contributed by atoms with Crippen molar-refractivity contribution in [3.63, 3.8) is 0 Å². The van der Waals surface area contributed by atoms with E-state index in [2.05, 4.69) is 25.0 Å². The Balaban J connectivity index is 1.34. The average molecular weight is 403 g/mol. The number of nitrogens with zero attached hydrogens (tertiary/aromatic N) is 5. The third-order valence-corrected chi connectivity index (χ3v) is 6.15. The van der Waals surface area contributed by atoms with Crippen LogP contribution in [0.15, 0.2) is 24.4 Å². The smallest absolute Gasteiger partial charge is 0.215 e. The fraction of sp³-hybridized carbons (Fsp3) is 0.526. The van der Waals surface area contributed by atoms with Crippen molar-refractivity contribution in [1.29, 1.82) is 0 Å². The van der Waals surface area contributed by atoms with Crippen LogP contribution in [0.4, 0.5) is 17.2 Å². The quantitative estimate of drug-likeness (QED) is 0.799. The monoisotopic (exact) mass is 402 g/mol. The minimum atomic E-state index is -0.235. The summed E-state index contributed by atoms with van der Waals surface area (Å²) in [6, 6.07) is 6.62. The van der Waals surface area contributed by atoms with Crippen LogP contribution in [-0.4, -0.2) is 57.7 Å². The van der Waals surface area contributed by atoms with E-state index in [4.69, 9.17) is 22.1 Å². The summed E-state index contributed by atoms with van der Waals surface area (Å²) in [4.78, 5) is 9.09. The van der Waals surface area contributed by atoms with Crippen LogP contribution in [0.2, 0.25) is 5.15 Å². The van der Waals surface area contributed by atoms with Gasteiger partial charge >= 0.3 is 0 Å². The third kappa shape index (κ3) is 3.20. The number of hydrogen-bond acceptors (Lipinski definition) is 8. The lowest BCUT2D eigenvalue weighted by Crippen LogP contribution is -2.54. The van der Waals surface area contributed by atoms with Gasteiger partial charge in [0.25, 0.3) is 0 Å². The number of fused-ring (bicyclic) bond motifs is 2. The van der Waals surface area contributed by atoms with Gasteiger partial charge in [-0.3, -0.25) is 0 Å². The molecular weight excluding hydrogens is 380 g/mol. The molecule has 3 N–H and O–H groups in total. The van der Waals surface area contributed by atoms with E-state index in [-0.39, 0.29) is 12.2 Å². The lowest BCUT2D eigenvalue weighted by Gasteiger charge is -2.43. The first-order valence-electron chi connectivity index (χ1n) is 9.69. The molecule has 1 saturated carbocycles. The number of piperazine rings is 1. The summed E-state index contributed by atoms with van der Waals surface area (Å²) in [5, 5.41) is 17.6. The highest BCUT2D eigenvalue weighted by atomic mass is 35.5. The highest BCUT2D eigenvalue weighted by Crippen LogP contribution is 2.38. The molecule has 3 fully saturated rings. The van der Waals surface area contributed by atoms with Crippen molar-refractivity contribution in [2.24, 2.45) is 0 Å². The molecule has 8 nitrogen and oxygen atoms in total. The van der Waals surface area contributed by atoms with Gasteiger partial charge in [-0.25, -0.2) is 4.98 Å². The summed E-state index contributed by atoms with van der Waals surface area (Å²) >= 11 is 6.03.